The molecule has 1 aromatic heterocycles. The van der Waals surface area contributed by atoms with E-state index in [9.17, 15) is 0 Å². The second-order valence-electron chi connectivity index (χ2n) is 5.68. The summed E-state index contributed by atoms with van der Waals surface area (Å²) >= 11 is 18.3. The molecule has 2 aromatic rings. The van der Waals surface area contributed by atoms with Crippen LogP contribution in [0.2, 0.25) is 10.0 Å². The summed E-state index contributed by atoms with van der Waals surface area (Å²) in [4.78, 5) is 4.60. The van der Waals surface area contributed by atoms with Crippen LogP contribution >= 0.6 is 34.8 Å². The van der Waals surface area contributed by atoms with Gasteiger partial charge in [0.2, 0.25) is 0 Å². The number of hydrogen-bond acceptors (Lipinski definition) is 1. The molecule has 0 unspecified atom stereocenters. The molecule has 0 N–H and O–H groups in total. The molecule has 1 fully saturated rings. The second-order valence-corrected chi connectivity index (χ2v) is 6.76. The molecule has 2 nitrogen and oxygen atoms in total. The van der Waals surface area contributed by atoms with Crippen LogP contribution < -0.4 is 0 Å². The normalized spacial score (nSPS) is 16.3. The van der Waals surface area contributed by atoms with Crippen molar-refractivity contribution in [2.45, 2.75) is 38.1 Å². The maximum absolute atomic E-state index is 6.15. The smallest absolute Gasteiger partial charge is 0.125 e. The average Bonchev–Trinajstić information content (AvgIpc) is 3.13. The zero-order valence-corrected chi connectivity index (χ0v) is 13.1. The third kappa shape index (κ3) is 2.14. The van der Waals surface area contributed by atoms with Crippen molar-refractivity contribution in [2.24, 2.45) is 5.92 Å². The van der Waals surface area contributed by atoms with Gasteiger partial charge in [0.25, 0.3) is 0 Å². The lowest BCUT2D eigenvalue weighted by Crippen LogP contribution is -2.30. The summed E-state index contributed by atoms with van der Waals surface area (Å²) in [5.41, 5.74) is 1.89. The monoisotopic (exact) mass is 316 g/mol. The lowest BCUT2D eigenvalue weighted by atomic mass is 9.97. The Morgan fingerprint density at radius 1 is 1.26 bits per heavy atom. The number of aromatic nitrogens is 2. The molecule has 3 rings (SSSR count). The first-order chi connectivity index (χ1) is 8.95. The minimum atomic E-state index is 0.0101. The number of hydrogen-bond donors (Lipinski definition) is 0. The fraction of sp³-hybridized carbons (Fsp3) is 0.500. The Morgan fingerprint density at radius 3 is 2.47 bits per heavy atom. The molecule has 1 aliphatic carbocycles. The minimum absolute atomic E-state index is 0.0101. The zero-order chi connectivity index (χ0) is 13.8. The van der Waals surface area contributed by atoms with Gasteiger partial charge in [-0.05, 0) is 44.7 Å². The summed E-state index contributed by atoms with van der Waals surface area (Å²) in [7, 11) is 0. The lowest BCUT2D eigenvalue weighted by molar-refractivity contribution is 0.306. The molecule has 0 saturated heterocycles. The zero-order valence-electron chi connectivity index (χ0n) is 10.9. The predicted octanol–water partition coefficient (Wildman–Crippen LogP) is 5.23. The molecule has 0 bridgehead atoms. The SMILES string of the molecule is CC(C)(C1CC1)n1c(CCl)nc2cc(Cl)c(Cl)cc21. The van der Waals surface area contributed by atoms with Gasteiger partial charge in [-0.3, -0.25) is 0 Å². The third-order valence-corrected chi connectivity index (χ3v) is 5.00. The van der Waals surface area contributed by atoms with Crippen LogP contribution in [-0.4, -0.2) is 9.55 Å². The molecule has 1 saturated carbocycles. The van der Waals surface area contributed by atoms with E-state index in [2.05, 4.69) is 23.4 Å². The minimum Gasteiger partial charge on any atom is -0.321 e. The van der Waals surface area contributed by atoms with Crippen LogP contribution in [0.1, 0.15) is 32.5 Å². The highest BCUT2D eigenvalue weighted by molar-refractivity contribution is 6.42. The van der Waals surface area contributed by atoms with Crippen molar-refractivity contribution in [2.75, 3.05) is 0 Å². The van der Waals surface area contributed by atoms with Crippen molar-refractivity contribution >= 4 is 45.8 Å². The average molecular weight is 318 g/mol. The van der Waals surface area contributed by atoms with Crippen LogP contribution in [0.4, 0.5) is 0 Å². The lowest BCUT2D eigenvalue weighted by Gasteiger charge is -2.29. The van der Waals surface area contributed by atoms with E-state index in [0.29, 0.717) is 21.8 Å². The predicted molar refractivity (Wildman–Crippen MR) is 81.4 cm³/mol. The number of nitrogens with zero attached hydrogens (tertiary/aromatic N) is 2. The first-order valence-electron chi connectivity index (χ1n) is 6.38. The fourth-order valence-electron chi connectivity index (χ4n) is 2.83. The maximum atomic E-state index is 6.15. The summed E-state index contributed by atoms with van der Waals surface area (Å²) in [5, 5.41) is 1.09. The molecule has 1 heterocycles. The van der Waals surface area contributed by atoms with Crippen LogP contribution in [0.5, 0.6) is 0 Å². The van der Waals surface area contributed by atoms with Crippen LogP contribution in [0, 0.1) is 5.92 Å². The molecule has 1 aromatic carbocycles. The Labute approximate surface area is 127 Å². The number of alkyl halides is 1. The number of rotatable bonds is 3. The Kier molecular flexibility index (Phi) is 3.24. The Morgan fingerprint density at radius 2 is 1.89 bits per heavy atom. The Hall–Kier alpha value is -0.440. The van der Waals surface area contributed by atoms with E-state index in [1.807, 2.05) is 12.1 Å². The van der Waals surface area contributed by atoms with Crippen LogP contribution in [0.15, 0.2) is 12.1 Å². The van der Waals surface area contributed by atoms with Crippen LogP contribution in [-0.2, 0) is 11.4 Å². The first kappa shape index (κ1) is 13.5. The Bertz CT molecular complexity index is 642. The van der Waals surface area contributed by atoms with E-state index in [0.717, 1.165) is 16.9 Å². The highest BCUT2D eigenvalue weighted by Gasteiger charge is 2.41. The molecule has 0 aliphatic heterocycles. The van der Waals surface area contributed by atoms with Gasteiger partial charge in [-0.1, -0.05) is 23.2 Å². The molecule has 19 heavy (non-hydrogen) atoms. The largest absolute Gasteiger partial charge is 0.321 e. The van der Waals surface area contributed by atoms with Crippen molar-refractivity contribution in [1.82, 2.24) is 9.55 Å². The van der Waals surface area contributed by atoms with E-state index in [1.165, 1.54) is 12.8 Å². The van der Waals surface area contributed by atoms with Gasteiger partial charge < -0.3 is 4.57 Å². The summed E-state index contributed by atoms with van der Waals surface area (Å²) in [5.74, 6) is 1.95. The van der Waals surface area contributed by atoms with Crippen LogP contribution in [0.25, 0.3) is 11.0 Å². The van der Waals surface area contributed by atoms with E-state index in [-0.39, 0.29) is 5.54 Å². The van der Waals surface area contributed by atoms with Gasteiger partial charge in [0, 0.05) is 5.54 Å². The molecular formula is C14H15Cl3N2. The van der Waals surface area contributed by atoms with Gasteiger partial charge in [0.1, 0.15) is 5.82 Å². The van der Waals surface area contributed by atoms with Gasteiger partial charge in [0.05, 0.1) is 27.0 Å². The molecular weight excluding hydrogens is 303 g/mol. The van der Waals surface area contributed by atoms with Crippen molar-refractivity contribution in [3.8, 4) is 0 Å². The molecule has 0 atom stereocenters. The van der Waals surface area contributed by atoms with Gasteiger partial charge in [-0.2, -0.15) is 0 Å². The fourth-order valence-corrected chi connectivity index (χ4v) is 3.32. The molecule has 0 radical (unpaired) electrons. The first-order valence-corrected chi connectivity index (χ1v) is 7.67. The van der Waals surface area contributed by atoms with Crippen molar-refractivity contribution in [3.05, 3.63) is 28.0 Å². The van der Waals surface area contributed by atoms with Gasteiger partial charge in [0.15, 0.2) is 0 Å². The number of imidazole rings is 1. The van der Waals surface area contributed by atoms with E-state index < -0.39 is 0 Å². The molecule has 1 aliphatic rings. The quantitative estimate of drug-likeness (QED) is 0.709. The summed E-state index contributed by atoms with van der Waals surface area (Å²) in [6, 6.07) is 3.71. The maximum Gasteiger partial charge on any atom is 0.125 e. The summed E-state index contributed by atoms with van der Waals surface area (Å²) in [6.45, 7) is 4.48. The highest BCUT2D eigenvalue weighted by atomic mass is 35.5. The van der Waals surface area contributed by atoms with Gasteiger partial charge in [-0.25, -0.2) is 4.98 Å². The number of benzene rings is 1. The summed E-state index contributed by atoms with van der Waals surface area (Å²) < 4.78 is 2.23. The Balaban J connectivity index is 2.29. The van der Waals surface area contributed by atoms with Crippen molar-refractivity contribution < 1.29 is 0 Å². The molecule has 5 heteroatoms. The van der Waals surface area contributed by atoms with E-state index >= 15 is 0 Å². The van der Waals surface area contributed by atoms with Crippen LogP contribution in [0.3, 0.4) is 0 Å². The summed E-state index contributed by atoms with van der Waals surface area (Å²) in [6.07, 6.45) is 2.52. The third-order valence-electron chi connectivity index (χ3n) is 4.04. The molecule has 0 spiro atoms. The molecule has 0 amide bonds. The van der Waals surface area contributed by atoms with Crippen molar-refractivity contribution in [3.63, 3.8) is 0 Å². The van der Waals surface area contributed by atoms with Crippen molar-refractivity contribution in [1.29, 1.82) is 0 Å². The standard InChI is InChI=1S/C14H15Cl3N2/c1-14(2,8-3-4-8)19-12-6-10(17)9(16)5-11(12)18-13(19)7-15/h5-6,8H,3-4,7H2,1-2H3. The second kappa shape index (κ2) is 4.54. The topological polar surface area (TPSA) is 17.8 Å². The van der Waals surface area contributed by atoms with Gasteiger partial charge >= 0.3 is 0 Å². The molecule has 102 valence electrons. The van der Waals surface area contributed by atoms with E-state index in [1.54, 1.807) is 0 Å². The number of halogens is 3. The van der Waals surface area contributed by atoms with E-state index in [4.69, 9.17) is 34.8 Å². The number of fused-ring (bicyclic) bond motifs is 1. The highest BCUT2D eigenvalue weighted by Crippen LogP contribution is 2.46. The van der Waals surface area contributed by atoms with Gasteiger partial charge in [-0.15, -0.1) is 11.6 Å².